The fraction of sp³-hybridized carbons (Fsp3) is 0.444. The first-order chi connectivity index (χ1) is 12.0. The average molecular weight is 342 g/mol. The van der Waals surface area contributed by atoms with E-state index in [0.29, 0.717) is 11.3 Å². The molecule has 7 heteroatoms. The minimum atomic E-state index is -0.624. The number of pyridine rings is 1. The van der Waals surface area contributed by atoms with Gasteiger partial charge in [-0.3, -0.25) is 14.2 Å². The van der Waals surface area contributed by atoms with Gasteiger partial charge >= 0.3 is 0 Å². The highest BCUT2D eigenvalue weighted by molar-refractivity contribution is 5.96. The van der Waals surface area contributed by atoms with Crippen LogP contribution >= 0.6 is 0 Å². The maximum absolute atomic E-state index is 13.0. The Morgan fingerprint density at radius 2 is 2.08 bits per heavy atom. The predicted octanol–water partition coefficient (Wildman–Crippen LogP) is 2.49. The molecule has 0 unspecified atom stereocenters. The molecule has 1 amide bonds. The number of fused-ring (bicyclic) bond motifs is 2. The lowest BCUT2D eigenvalue weighted by Gasteiger charge is -2.35. The number of ether oxygens (including phenoxy) is 1. The van der Waals surface area contributed by atoms with Crippen LogP contribution in [0.5, 0.6) is 5.75 Å². The van der Waals surface area contributed by atoms with Gasteiger partial charge in [0.1, 0.15) is 17.7 Å². The Kier molecular flexibility index (Phi) is 4.57. The van der Waals surface area contributed by atoms with E-state index in [2.05, 4.69) is 21.9 Å². The van der Waals surface area contributed by atoms with Gasteiger partial charge in [0.15, 0.2) is 11.6 Å². The van der Waals surface area contributed by atoms with Gasteiger partial charge in [0.05, 0.1) is 0 Å². The summed E-state index contributed by atoms with van der Waals surface area (Å²) in [7, 11) is 0. The molecular formula is C18H22N4O3. The highest BCUT2D eigenvalue weighted by Gasteiger charge is 2.45. The Hall–Kier alpha value is -2.70. The number of hydrogen-bond acceptors (Lipinski definition) is 4. The molecule has 1 N–H and O–H groups in total. The van der Waals surface area contributed by atoms with E-state index in [1.54, 1.807) is 17.6 Å². The standard InChI is InChI=1S/C18H22N4O3/c1-4-19-11-20-13(3)25-14-10-12(2)15-16(23)21-18(22(15)17(14)24)8-6-5-7-9-18/h4,10-11H,1,5-9H2,2-3H3,(H,21,23)/b19-11-,20-13+. The van der Waals surface area contributed by atoms with Crippen LogP contribution in [0.2, 0.25) is 0 Å². The van der Waals surface area contributed by atoms with Crippen LogP contribution in [-0.4, -0.2) is 22.7 Å². The fourth-order valence-corrected chi connectivity index (χ4v) is 3.64. The van der Waals surface area contributed by atoms with Crippen molar-refractivity contribution in [2.75, 3.05) is 0 Å². The number of aliphatic imine (C=N–C) groups is 2. The number of nitrogens with one attached hydrogen (secondary N) is 1. The van der Waals surface area contributed by atoms with E-state index in [1.165, 1.54) is 12.5 Å². The number of carbonyl (C=O) groups excluding carboxylic acids is 1. The van der Waals surface area contributed by atoms with Crippen LogP contribution in [0.15, 0.2) is 33.6 Å². The zero-order chi connectivity index (χ0) is 18.0. The second-order valence-electron chi connectivity index (χ2n) is 6.42. The summed E-state index contributed by atoms with van der Waals surface area (Å²) in [6.07, 6.45) is 7.25. The molecule has 0 bridgehead atoms. The summed E-state index contributed by atoms with van der Waals surface area (Å²) in [6, 6.07) is 1.60. The van der Waals surface area contributed by atoms with Gasteiger partial charge in [-0.05, 0) is 44.2 Å². The van der Waals surface area contributed by atoms with Crippen molar-refractivity contribution >= 4 is 18.1 Å². The molecule has 25 heavy (non-hydrogen) atoms. The minimum absolute atomic E-state index is 0.163. The fourth-order valence-electron chi connectivity index (χ4n) is 3.64. The first-order valence-electron chi connectivity index (χ1n) is 8.43. The number of aromatic nitrogens is 1. The molecule has 1 spiro atoms. The van der Waals surface area contributed by atoms with Gasteiger partial charge in [0.25, 0.3) is 11.5 Å². The number of amides is 1. The lowest BCUT2D eigenvalue weighted by atomic mass is 9.89. The summed E-state index contributed by atoms with van der Waals surface area (Å²) < 4.78 is 7.22. The molecule has 0 atom stereocenters. The summed E-state index contributed by atoms with van der Waals surface area (Å²) in [5.74, 6) is 0.264. The molecule has 1 saturated carbocycles. The van der Waals surface area contributed by atoms with Crippen molar-refractivity contribution in [1.82, 2.24) is 9.88 Å². The molecule has 1 aliphatic carbocycles. The van der Waals surface area contributed by atoms with Gasteiger partial charge in [-0.2, -0.15) is 0 Å². The van der Waals surface area contributed by atoms with Crippen molar-refractivity contribution < 1.29 is 9.53 Å². The van der Waals surface area contributed by atoms with Crippen LogP contribution in [0.25, 0.3) is 0 Å². The third-order valence-corrected chi connectivity index (χ3v) is 4.70. The normalized spacial score (nSPS) is 19.1. The van der Waals surface area contributed by atoms with Gasteiger partial charge < -0.3 is 10.1 Å². The van der Waals surface area contributed by atoms with Crippen molar-refractivity contribution in [2.24, 2.45) is 9.98 Å². The zero-order valence-corrected chi connectivity index (χ0v) is 14.5. The molecule has 7 nitrogen and oxygen atoms in total. The molecule has 0 saturated heterocycles. The van der Waals surface area contributed by atoms with E-state index in [9.17, 15) is 9.59 Å². The minimum Gasteiger partial charge on any atom is -0.437 e. The highest BCUT2D eigenvalue weighted by atomic mass is 16.5. The Bertz CT molecular complexity index is 829. The van der Waals surface area contributed by atoms with Crippen LogP contribution < -0.4 is 15.6 Å². The zero-order valence-electron chi connectivity index (χ0n) is 14.5. The van der Waals surface area contributed by atoms with E-state index < -0.39 is 5.66 Å². The highest BCUT2D eigenvalue weighted by Crippen LogP contribution is 2.37. The monoisotopic (exact) mass is 342 g/mol. The molecule has 1 fully saturated rings. The molecule has 1 aliphatic heterocycles. The van der Waals surface area contributed by atoms with Gasteiger partial charge in [0, 0.05) is 13.1 Å². The van der Waals surface area contributed by atoms with Crippen molar-refractivity contribution in [3.05, 3.63) is 40.5 Å². The van der Waals surface area contributed by atoms with E-state index in [-0.39, 0.29) is 23.1 Å². The number of rotatable bonds is 3. The van der Waals surface area contributed by atoms with Crippen LogP contribution in [0.4, 0.5) is 0 Å². The molecule has 1 aromatic rings. The summed E-state index contributed by atoms with van der Waals surface area (Å²) in [4.78, 5) is 33.3. The maximum atomic E-state index is 13.0. The largest absolute Gasteiger partial charge is 0.437 e. The lowest BCUT2D eigenvalue weighted by molar-refractivity contribution is 0.0876. The van der Waals surface area contributed by atoms with Crippen LogP contribution in [0.3, 0.4) is 0 Å². The quantitative estimate of drug-likeness (QED) is 0.676. The first-order valence-corrected chi connectivity index (χ1v) is 8.43. The SMILES string of the molecule is C=C/N=C\N=C(/C)Oc1cc(C)c2n(c1=O)C1(CCCCC1)NC2=O. The molecular weight excluding hydrogens is 320 g/mol. The number of carbonyl (C=O) groups is 1. The molecule has 0 radical (unpaired) electrons. The molecule has 2 heterocycles. The van der Waals surface area contributed by atoms with E-state index >= 15 is 0 Å². The predicted molar refractivity (Wildman–Crippen MR) is 96.4 cm³/mol. The topological polar surface area (TPSA) is 85.1 Å². The van der Waals surface area contributed by atoms with Gasteiger partial charge in [-0.1, -0.05) is 13.0 Å². The number of aryl methyl sites for hydroxylation is 1. The third-order valence-electron chi connectivity index (χ3n) is 4.70. The molecule has 2 aliphatic rings. The van der Waals surface area contributed by atoms with Crippen molar-refractivity contribution in [2.45, 2.75) is 51.6 Å². The second kappa shape index (κ2) is 6.66. The summed E-state index contributed by atoms with van der Waals surface area (Å²) in [6.45, 7) is 6.91. The van der Waals surface area contributed by atoms with Gasteiger partial charge in [-0.25, -0.2) is 9.98 Å². The van der Waals surface area contributed by atoms with Gasteiger partial charge in [-0.15, -0.1) is 0 Å². The smallest absolute Gasteiger partial charge is 0.296 e. The van der Waals surface area contributed by atoms with E-state index in [0.717, 1.165) is 32.1 Å². The van der Waals surface area contributed by atoms with E-state index in [1.807, 2.05) is 6.92 Å². The molecule has 0 aromatic carbocycles. The Labute approximate surface area is 146 Å². The summed E-state index contributed by atoms with van der Waals surface area (Å²) in [5.41, 5.74) is 0.210. The van der Waals surface area contributed by atoms with Gasteiger partial charge in [0.2, 0.25) is 0 Å². The Morgan fingerprint density at radius 3 is 2.76 bits per heavy atom. The van der Waals surface area contributed by atoms with E-state index in [4.69, 9.17) is 4.74 Å². The van der Waals surface area contributed by atoms with Crippen LogP contribution in [-0.2, 0) is 5.66 Å². The van der Waals surface area contributed by atoms with Crippen molar-refractivity contribution in [3.63, 3.8) is 0 Å². The average Bonchev–Trinajstić information content (AvgIpc) is 2.85. The molecule has 3 rings (SSSR count). The first kappa shape index (κ1) is 17.1. The summed E-state index contributed by atoms with van der Waals surface area (Å²) in [5, 5.41) is 3.04. The Morgan fingerprint density at radius 1 is 1.36 bits per heavy atom. The molecule has 132 valence electrons. The van der Waals surface area contributed by atoms with Crippen LogP contribution in [0, 0.1) is 6.92 Å². The molecule has 1 aromatic heterocycles. The van der Waals surface area contributed by atoms with Crippen molar-refractivity contribution in [3.8, 4) is 5.75 Å². The lowest BCUT2D eigenvalue weighted by Crippen LogP contribution is -2.48. The number of nitrogens with zero attached hydrogens (tertiary/aromatic N) is 3. The maximum Gasteiger partial charge on any atom is 0.296 e. The summed E-state index contributed by atoms with van der Waals surface area (Å²) >= 11 is 0. The Balaban J connectivity index is 2.06. The third kappa shape index (κ3) is 3.01. The van der Waals surface area contributed by atoms with Crippen LogP contribution in [0.1, 0.15) is 55.1 Å². The second-order valence-corrected chi connectivity index (χ2v) is 6.42. The number of hydrogen-bond donors (Lipinski definition) is 1. The van der Waals surface area contributed by atoms with Crippen molar-refractivity contribution in [1.29, 1.82) is 0 Å².